The van der Waals surface area contributed by atoms with Crippen LogP contribution in [0.5, 0.6) is 0 Å². The summed E-state index contributed by atoms with van der Waals surface area (Å²) in [5.74, 6) is -0.462. The predicted molar refractivity (Wildman–Crippen MR) is 93.0 cm³/mol. The number of piperazine rings is 1. The molecule has 0 atom stereocenters. The molecule has 0 bridgehead atoms. The topological polar surface area (TPSA) is 120 Å². The highest BCUT2D eigenvalue weighted by Crippen LogP contribution is 2.24. The molecule has 140 valence electrons. The Balaban J connectivity index is 1.77. The number of pyridine rings is 1. The van der Waals surface area contributed by atoms with E-state index in [9.17, 15) is 22.9 Å². The Morgan fingerprint density at radius 2 is 1.81 bits per heavy atom. The van der Waals surface area contributed by atoms with Gasteiger partial charge in [0.1, 0.15) is 22.6 Å². The minimum absolute atomic E-state index is 0.0945. The number of hydrogen-bond acceptors (Lipinski definition) is 7. The van der Waals surface area contributed by atoms with Gasteiger partial charge < -0.3 is 4.90 Å². The zero-order chi connectivity index (χ0) is 19.6. The fourth-order valence-corrected chi connectivity index (χ4v) is 4.28. The van der Waals surface area contributed by atoms with Gasteiger partial charge in [-0.15, -0.1) is 0 Å². The van der Waals surface area contributed by atoms with Crippen LogP contribution in [0.3, 0.4) is 0 Å². The summed E-state index contributed by atoms with van der Waals surface area (Å²) in [5.41, 5.74) is -0.694. The normalized spacial score (nSPS) is 15.3. The molecule has 1 saturated heterocycles. The Hall–Kier alpha value is -3.10. The Labute approximate surface area is 154 Å². The molecule has 0 amide bonds. The van der Waals surface area contributed by atoms with E-state index in [1.807, 2.05) is 0 Å². The summed E-state index contributed by atoms with van der Waals surface area (Å²) in [6.07, 6.45) is 0. The van der Waals surface area contributed by atoms with Crippen LogP contribution in [0, 0.1) is 27.3 Å². The molecular weight excluding hydrogens is 377 g/mol. The van der Waals surface area contributed by atoms with E-state index in [1.54, 1.807) is 11.0 Å². The van der Waals surface area contributed by atoms with Gasteiger partial charge in [-0.1, -0.05) is 12.1 Å². The van der Waals surface area contributed by atoms with Gasteiger partial charge in [0.2, 0.25) is 15.7 Å². The lowest BCUT2D eigenvalue weighted by molar-refractivity contribution is -0.385. The number of rotatable bonds is 4. The summed E-state index contributed by atoms with van der Waals surface area (Å²) >= 11 is 0. The van der Waals surface area contributed by atoms with E-state index in [1.165, 1.54) is 34.6 Å². The van der Waals surface area contributed by atoms with Crippen LogP contribution in [-0.2, 0) is 10.0 Å². The highest BCUT2D eigenvalue weighted by molar-refractivity contribution is 7.89. The number of halogens is 1. The van der Waals surface area contributed by atoms with Crippen LogP contribution in [0.4, 0.5) is 15.9 Å². The molecule has 0 N–H and O–H groups in total. The van der Waals surface area contributed by atoms with Gasteiger partial charge >= 0.3 is 5.69 Å². The van der Waals surface area contributed by atoms with Gasteiger partial charge in [-0.2, -0.15) is 9.57 Å². The van der Waals surface area contributed by atoms with Crippen molar-refractivity contribution in [2.75, 3.05) is 31.1 Å². The van der Waals surface area contributed by atoms with Crippen molar-refractivity contribution in [3.8, 4) is 6.07 Å². The lowest BCUT2D eigenvalue weighted by Gasteiger charge is -2.34. The van der Waals surface area contributed by atoms with Crippen molar-refractivity contribution in [2.45, 2.75) is 4.90 Å². The molecule has 11 heteroatoms. The van der Waals surface area contributed by atoms with Crippen LogP contribution in [0.2, 0.25) is 0 Å². The fourth-order valence-electron chi connectivity index (χ4n) is 2.80. The third kappa shape index (κ3) is 3.57. The van der Waals surface area contributed by atoms with Gasteiger partial charge in [-0.3, -0.25) is 10.1 Å². The first-order chi connectivity index (χ1) is 12.8. The largest absolute Gasteiger partial charge is 0.354 e. The minimum Gasteiger partial charge on any atom is -0.354 e. The lowest BCUT2D eigenvalue weighted by atomic mass is 10.3. The molecule has 1 aliphatic heterocycles. The molecule has 0 aliphatic carbocycles. The fraction of sp³-hybridized carbons (Fsp3) is 0.250. The second kappa shape index (κ2) is 7.26. The smallest absolute Gasteiger partial charge is 0.305 e. The number of nitriles is 1. The Kier molecular flexibility index (Phi) is 5.02. The van der Waals surface area contributed by atoms with Gasteiger partial charge in [0.25, 0.3) is 0 Å². The van der Waals surface area contributed by atoms with Gasteiger partial charge in [0, 0.05) is 32.2 Å². The number of sulfonamides is 1. The highest BCUT2D eigenvalue weighted by Gasteiger charge is 2.31. The number of benzene rings is 1. The van der Waals surface area contributed by atoms with Crippen molar-refractivity contribution in [2.24, 2.45) is 0 Å². The van der Waals surface area contributed by atoms with Crippen molar-refractivity contribution in [3.05, 3.63) is 58.0 Å². The predicted octanol–water partition coefficient (Wildman–Crippen LogP) is 1.51. The summed E-state index contributed by atoms with van der Waals surface area (Å²) in [6, 6.07) is 9.48. The maximum atomic E-state index is 13.9. The maximum Gasteiger partial charge on any atom is 0.305 e. The molecule has 0 spiro atoms. The number of nitrogens with zero attached hydrogens (tertiary/aromatic N) is 5. The second-order valence-electron chi connectivity index (χ2n) is 5.73. The maximum absolute atomic E-state index is 13.9. The molecule has 0 radical (unpaired) electrons. The van der Waals surface area contributed by atoms with Crippen molar-refractivity contribution < 1.29 is 17.7 Å². The SMILES string of the molecule is N#Cc1nc(N2CCN(S(=O)(=O)c3ccccc3F)CC2)ccc1[N+](=O)[O-]. The van der Waals surface area contributed by atoms with E-state index in [4.69, 9.17) is 5.26 Å². The van der Waals surface area contributed by atoms with E-state index in [2.05, 4.69) is 4.98 Å². The summed E-state index contributed by atoms with van der Waals surface area (Å²) in [6.45, 7) is 0.696. The van der Waals surface area contributed by atoms with Crippen molar-refractivity contribution >= 4 is 21.5 Å². The Bertz CT molecular complexity index is 1030. The summed E-state index contributed by atoms with van der Waals surface area (Å²) in [7, 11) is -3.96. The lowest BCUT2D eigenvalue weighted by Crippen LogP contribution is -2.49. The molecular formula is C16H14FN5O4S. The van der Waals surface area contributed by atoms with Crippen LogP contribution in [-0.4, -0.2) is 48.8 Å². The molecule has 1 aromatic carbocycles. The molecule has 1 aliphatic rings. The first-order valence-electron chi connectivity index (χ1n) is 7.90. The molecule has 1 aromatic heterocycles. The average molecular weight is 391 g/mol. The number of nitro groups is 1. The Morgan fingerprint density at radius 1 is 1.15 bits per heavy atom. The summed E-state index contributed by atoms with van der Waals surface area (Å²) in [5, 5.41) is 19.9. The minimum atomic E-state index is -3.96. The molecule has 2 aromatic rings. The van der Waals surface area contributed by atoms with Crippen molar-refractivity contribution in [3.63, 3.8) is 0 Å². The standard InChI is InChI=1S/C16H14FN5O4S/c17-12-3-1-2-4-15(12)27(25,26)21-9-7-20(8-10-21)16-6-5-14(22(23)24)13(11-18)19-16/h1-6H,7-10H2. The van der Waals surface area contributed by atoms with E-state index in [-0.39, 0.29) is 42.5 Å². The van der Waals surface area contributed by atoms with Gasteiger partial charge in [0.05, 0.1) is 4.92 Å². The van der Waals surface area contributed by atoms with Crippen LogP contribution in [0.15, 0.2) is 41.3 Å². The van der Waals surface area contributed by atoms with Crippen LogP contribution in [0.1, 0.15) is 5.69 Å². The van der Waals surface area contributed by atoms with Gasteiger partial charge in [-0.25, -0.2) is 17.8 Å². The van der Waals surface area contributed by atoms with Crippen LogP contribution < -0.4 is 4.90 Å². The zero-order valence-electron chi connectivity index (χ0n) is 13.9. The first-order valence-corrected chi connectivity index (χ1v) is 9.34. The van der Waals surface area contributed by atoms with Crippen LogP contribution >= 0.6 is 0 Å². The summed E-state index contributed by atoms with van der Waals surface area (Å²) in [4.78, 5) is 15.5. The monoisotopic (exact) mass is 391 g/mol. The molecule has 1 fully saturated rings. The third-order valence-corrected chi connectivity index (χ3v) is 6.11. The third-order valence-electron chi connectivity index (χ3n) is 4.18. The summed E-state index contributed by atoms with van der Waals surface area (Å²) < 4.78 is 40.2. The van der Waals surface area contributed by atoms with Crippen molar-refractivity contribution in [1.29, 1.82) is 5.26 Å². The van der Waals surface area contributed by atoms with E-state index < -0.39 is 20.8 Å². The van der Waals surface area contributed by atoms with E-state index in [0.717, 1.165) is 6.07 Å². The van der Waals surface area contributed by atoms with Gasteiger partial charge in [-0.05, 0) is 18.2 Å². The molecule has 9 nitrogen and oxygen atoms in total. The van der Waals surface area contributed by atoms with E-state index in [0.29, 0.717) is 5.82 Å². The number of anilines is 1. The Morgan fingerprint density at radius 3 is 2.41 bits per heavy atom. The van der Waals surface area contributed by atoms with Crippen LogP contribution in [0.25, 0.3) is 0 Å². The second-order valence-corrected chi connectivity index (χ2v) is 7.63. The quantitative estimate of drug-likeness (QED) is 0.572. The van der Waals surface area contributed by atoms with E-state index >= 15 is 0 Å². The number of aromatic nitrogens is 1. The molecule has 2 heterocycles. The average Bonchev–Trinajstić information content (AvgIpc) is 2.67. The molecule has 3 rings (SSSR count). The highest BCUT2D eigenvalue weighted by atomic mass is 32.2. The number of hydrogen-bond donors (Lipinski definition) is 0. The van der Waals surface area contributed by atoms with Gasteiger partial charge in [0.15, 0.2) is 0 Å². The molecule has 27 heavy (non-hydrogen) atoms. The van der Waals surface area contributed by atoms with Crippen molar-refractivity contribution in [1.82, 2.24) is 9.29 Å². The first kappa shape index (κ1) is 18.7. The molecule has 0 unspecified atom stereocenters. The molecule has 0 saturated carbocycles. The zero-order valence-corrected chi connectivity index (χ0v) is 14.8.